The van der Waals surface area contributed by atoms with E-state index in [9.17, 15) is 0 Å². The molecule has 2 heterocycles. The standard InChI is InChI=1S/C72H76N2/c1-13-73-61-45-43-55-31-17-21-35-59(55)67(61)69(7,8)63(73)37-25-27-51(5)71(11,65-49(3)39-41-53-29-15-19-33-57(53)65)47-23-24-48-72(12,66-50(4)40-42-54-30-16-20-34-58(54)66)52(6)28-26-38-64-70(9,10)68-60-36-22-18-32-56(60)44-46-62(68)74(64)14-2/h15-22,25-46H,5-6,13-14,23-24,47-48H2,1-4,7-12H3. The van der Waals surface area contributed by atoms with Gasteiger partial charge in [-0.1, -0.05) is 225 Å². The maximum absolute atomic E-state index is 4.97. The van der Waals surface area contributed by atoms with Gasteiger partial charge in [-0.15, -0.1) is 0 Å². The third kappa shape index (κ3) is 8.36. The summed E-state index contributed by atoms with van der Waals surface area (Å²) in [6.45, 7) is 35.3. The number of allylic oxidation sites excluding steroid dienone is 10. The zero-order chi connectivity index (χ0) is 52.2. The van der Waals surface area contributed by atoms with Crippen molar-refractivity contribution in [1.82, 2.24) is 0 Å². The molecular weight excluding hydrogens is 893 g/mol. The summed E-state index contributed by atoms with van der Waals surface area (Å²) >= 11 is 0. The smallest absolute Gasteiger partial charge is 0.0456 e. The molecule has 8 aromatic rings. The van der Waals surface area contributed by atoms with Gasteiger partial charge in [0.1, 0.15) is 0 Å². The average Bonchev–Trinajstić information content (AvgIpc) is 3.78. The van der Waals surface area contributed by atoms with Crippen LogP contribution in [0, 0.1) is 13.8 Å². The first kappa shape index (κ1) is 50.4. The highest BCUT2D eigenvalue weighted by atomic mass is 15.2. The van der Waals surface area contributed by atoms with E-state index in [0.717, 1.165) is 49.9 Å². The van der Waals surface area contributed by atoms with Crippen molar-refractivity contribution in [2.24, 2.45) is 0 Å². The molecule has 2 heteroatoms. The molecule has 0 aliphatic carbocycles. The third-order valence-corrected chi connectivity index (χ3v) is 17.6. The first-order valence-electron chi connectivity index (χ1n) is 27.3. The molecule has 0 spiro atoms. The number of rotatable bonds is 15. The molecule has 10 rings (SSSR count). The summed E-state index contributed by atoms with van der Waals surface area (Å²) < 4.78 is 0. The van der Waals surface area contributed by atoms with Gasteiger partial charge in [-0.2, -0.15) is 0 Å². The van der Waals surface area contributed by atoms with E-state index in [1.54, 1.807) is 0 Å². The zero-order valence-corrected chi connectivity index (χ0v) is 45.9. The van der Waals surface area contributed by atoms with Crippen molar-refractivity contribution in [2.45, 2.75) is 117 Å². The Bertz CT molecular complexity index is 3400. The van der Waals surface area contributed by atoms with Gasteiger partial charge in [0.15, 0.2) is 0 Å². The van der Waals surface area contributed by atoms with Crippen LogP contribution in [-0.2, 0) is 21.7 Å². The Morgan fingerprint density at radius 1 is 0.459 bits per heavy atom. The number of anilines is 2. The number of hydrogen-bond donors (Lipinski definition) is 0. The maximum atomic E-state index is 4.97. The molecule has 2 atom stereocenters. The van der Waals surface area contributed by atoms with Crippen LogP contribution in [0.3, 0.4) is 0 Å². The van der Waals surface area contributed by atoms with Crippen molar-refractivity contribution in [3.63, 3.8) is 0 Å². The molecule has 0 amide bonds. The molecule has 0 N–H and O–H groups in total. The Morgan fingerprint density at radius 2 is 0.784 bits per heavy atom. The molecule has 74 heavy (non-hydrogen) atoms. The van der Waals surface area contributed by atoms with Gasteiger partial charge < -0.3 is 9.80 Å². The predicted octanol–water partition coefficient (Wildman–Crippen LogP) is 19.3. The first-order chi connectivity index (χ1) is 35.6. The number of nitrogens with zero attached hydrogens (tertiary/aromatic N) is 2. The Morgan fingerprint density at radius 3 is 1.15 bits per heavy atom. The van der Waals surface area contributed by atoms with Crippen LogP contribution < -0.4 is 9.80 Å². The minimum atomic E-state index is -0.328. The molecule has 2 aliphatic rings. The lowest BCUT2D eigenvalue weighted by Gasteiger charge is -2.36. The van der Waals surface area contributed by atoms with E-state index in [-0.39, 0.29) is 21.7 Å². The zero-order valence-electron chi connectivity index (χ0n) is 45.9. The molecule has 0 bridgehead atoms. The molecule has 2 aliphatic heterocycles. The lowest BCUT2D eigenvalue weighted by Crippen LogP contribution is -2.27. The van der Waals surface area contributed by atoms with Crippen molar-refractivity contribution >= 4 is 54.5 Å². The van der Waals surface area contributed by atoms with Crippen molar-refractivity contribution in [3.05, 3.63) is 251 Å². The fourth-order valence-electron chi connectivity index (χ4n) is 13.7. The summed E-state index contributed by atoms with van der Waals surface area (Å²) in [5, 5.41) is 10.4. The van der Waals surface area contributed by atoms with Crippen molar-refractivity contribution < 1.29 is 0 Å². The van der Waals surface area contributed by atoms with Crippen molar-refractivity contribution in [1.29, 1.82) is 0 Å². The monoisotopic (exact) mass is 969 g/mol. The highest BCUT2D eigenvalue weighted by Crippen LogP contribution is 2.53. The highest BCUT2D eigenvalue weighted by Gasteiger charge is 2.42. The van der Waals surface area contributed by atoms with E-state index in [1.165, 1.54) is 99.2 Å². The van der Waals surface area contributed by atoms with E-state index in [0.29, 0.717) is 0 Å². The van der Waals surface area contributed by atoms with Crippen LogP contribution in [0.25, 0.3) is 43.1 Å². The first-order valence-corrected chi connectivity index (χ1v) is 27.3. The quantitative estimate of drug-likeness (QED) is 0.0746. The fourth-order valence-corrected chi connectivity index (χ4v) is 13.7. The molecule has 2 nitrogen and oxygen atoms in total. The van der Waals surface area contributed by atoms with E-state index in [4.69, 9.17) is 13.2 Å². The Hall–Kier alpha value is -7.16. The van der Waals surface area contributed by atoms with Crippen LogP contribution >= 0.6 is 0 Å². The molecule has 0 saturated carbocycles. The topological polar surface area (TPSA) is 6.48 Å². The summed E-state index contributed by atoms with van der Waals surface area (Å²) in [4.78, 5) is 5.01. The van der Waals surface area contributed by atoms with Gasteiger partial charge >= 0.3 is 0 Å². The van der Waals surface area contributed by atoms with E-state index in [2.05, 4.69) is 261 Å². The lowest BCUT2D eigenvalue weighted by molar-refractivity contribution is 0.436. The van der Waals surface area contributed by atoms with Crippen LogP contribution in [0.5, 0.6) is 0 Å². The number of likely N-dealkylation sites (N-methyl/N-ethyl adjacent to an activating group) is 2. The van der Waals surface area contributed by atoms with Gasteiger partial charge in [-0.25, -0.2) is 0 Å². The van der Waals surface area contributed by atoms with Crippen LogP contribution in [0.4, 0.5) is 11.4 Å². The van der Waals surface area contributed by atoms with Crippen molar-refractivity contribution in [2.75, 3.05) is 22.9 Å². The molecule has 0 fully saturated rings. The number of unbranched alkanes of at least 4 members (excludes halogenated alkanes) is 1. The van der Waals surface area contributed by atoms with Gasteiger partial charge in [-0.3, -0.25) is 0 Å². The lowest BCUT2D eigenvalue weighted by atomic mass is 9.67. The summed E-state index contributed by atoms with van der Waals surface area (Å²) in [6, 6.07) is 53.9. The molecular formula is C72H76N2. The molecule has 0 saturated heterocycles. The third-order valence-electron chi connectivity index (χ3n) is 17.6. The number of hydrogen-bond acceptors (Lipinski definition) is 2. The van der Waals surface area contributed by atoms with E-state index >= 15 is 0 Å². The van der Waals surface area contributed by atoms with E-state index < -0.39 is 0 Å². The SMILES string of the molecule is C=C(C=CC=C1N(CC)c2ccc3ccccc3c2C1(C)C)C(C)(CCCCC(C)(C(=C)C=CC=C1N(CC)c2ccc3ccccc3c2C1(C)C)c1c(C)ccc2ccccc12)c1c(C)ccc2ccccc12. The minimum Gasteiger partial charge on any atom is -0.344 e. The van der Waals surface area contributed by atoms with Gasteiger partial charge in [0.25, 0.3) is 0 Å². The summed E-state index contributed by atoms with van der Waals surface area (Å²) in [5.74, 6) is 0. The second-order valence-corrected chi connectivity index (χ2v) is 22.8. The molecule has 8 aromatic carbocycles. The number of benzene rings is 8. The normalized spacial score (nSPS) is 17.8. The second-order valence-electron chi connectivity index (χ2n) is 22.8. The summed E-state index contributed by atoms with van der Waals surface area (Å²) in [7, 11) is 0. The highest BCUT2D eigenvalue weighted by molar-refractivity contribution is 5.96. The Balaban J connectivity index is 0.976. The number of fused-ring (bicyclic) bond motifs is 8. The summed E-state index contributed by atoms with van der Waals surface area (Å²) in [6.07, 6.45) is 17.9. The van der Waals surface area contributed by atoms with Gasteiger partial charge in [0.05, 0.1) is 0 Å². The number of aryl methyl sites for hydroxylation is 2. The average molecular weight is 969 g/mol. The van der Waals surface area contributed by atoms with Crippen LogP contribution in [0.2, 0.25) is 0 Å². The van der Waals surface area contributed by atoms with Gasteiger partial charge in [0.2, 0.25) is 0 Å². The van der Waals surface area contributed by atoms with Gasteiger partial charge in [0, 0.05) is 57.5 Å². The Labute approximate surface area is 442 Å². The van der Waals surface area contributed by atoms with Crippen LogP contribution in [0.1, 0.15) is 114 Å². The minimum absolute atomic E-state index is 0.164. The predicted molar refractivity (Wildman–Crippen MR) is 323 cm³/mol. The molecule has 2 unspecified atom stereocenters. The van der Waals surface area contributed by atoms with E-state index in [1.807, 2.05) is 0 Å². The molecule has 0 radical (unpaired) electrons. The summed E-state index contributed by atoms with van der Waals surface area (Å²) in [5.41, 5.74) is 14.8. The van der Waals surface area contributed by atoms with Gasteiger partial charge in [-0.05, 0) is 152 Å². The maximum Gasteiger partial charge on any atom is 0.0456 e. The second kappa shape index (κ2) is 19.6. The van der Waals surface area contributed by atoms with Crippen LogP contribution in [-0.4, -0.2) is 13.1 Å². The molecule has 0 aromatic heterocycles. The van der Waals surface area contributed by atoms with Crippen LogP contribution in [0.15, 0.2) is 218 Å². The van der Waals surface area contributed by atoms with Crippen molar-refractivity contribution in [3.8, 4) is 0 Å². The Kier molecular flexibility index (Phi) is 13.3. The largest absolute Gasteiger partial charge is 0.344 e. The molecule has 374 valence electrons. The fraction of sp³-hybridized carbons (Fsp3) is 0.278.